The molecule has 4 nitrogen and oxygen atoms in total. The first-order valence-corrected chi connectivity index (χ1v) is 8.42. The second-order valence-corrected chi connectivity index (χ2v) is 7.94. The highest BCUT2D eigenvalue weighted by Crippen LogP contribution is 2.34. The molecule has 0 aliphatic carbocycles. The van der Waals surface area contributed by atoms with Gasteiger partial charge in [0.2, 0.25) is 5.91 Å². The summed E-state index contributed by atoms with van der Waals surface area (Å²) in [6, 6.07) is 4.19. The maximum Gasteiger partial charge on any atom is 0.220 e. The fourth-order valence-corrected chi connectivity index (χ4v) is 2.84. The third-order valence-corrected chi connectivity index (χ3v) is 3.93. The Morgan fingerprint density at radius 3 is 2.38 bits per heavy atom. The predicted octanol–water partition coefficient (Wildman–Crippen LogP) is -1.42. The van der Waals surface area contributed by atoms with E-state index in [-0.39, 0.29) is 29.8 Å². The van der Waals surface area contributed by atoms with Crippen molar-refractivity contribution in [2.75, 3.05) is 20.6 Å². The van der Waals surface area contributed by atoms with Gasteiger partial charge >= 0.3 is 0 Å². The number of hydrogen-bond acceptors (Lipinski definition) is 2. The Morgan fingerprint density at radius 1 is 1.29 bits per heavy atom. The van der Waals surface area contributed by atoms with Crippen LogP contribution in [0.1, 0.15) is 50.8 Å². The molecule has 3 N–H and O–H groups in total. The summed E-state index contributed by atoms with van der Waals surface area (Å²) in [5.74, 6) is 0.454. The highest BCUT2D eigenvalue weighted by atomic mass is 35.5. The molecule has 1 unspecified atom stereocenters. The molecule has 0 aromatic heterocycles. The van der Waals surface area contributed by atoms with Crippen LogP contribution in [0.15, 0.2) is 12.1 Å². The van der Waals surface area contributed by atoms with E-state index < -0.39 is 0 Å². The summed E-state index contributed by atoms with van der Waals surface area (Å²) >= 11 is 0. The number of phenolic OH excluding ortho intramolecular Hbond substituents is 1. The molecule has 0 bridgehead atoms. The lowest BCUT2D eigenvalue weighted by atomic mass is 9.83. The maximum atomic E-state index is 12.1. The van der Waals surface area contributed by atoms with Gasteiger partial charge in [0.05, 0.1) is 26.7 Å². The lowest BCUT2D eigenvalue weighted by Crippen LogP contribution is -3.07. The summed E-state index contributed by atoms with van der Waals surface area (Å²) in [4.78, 5) is 13.4. The van der Waals surface area contributed by atoms with Crippen molar-refractivity contribution in [3.8, 4) is 5.75 Å². The second-order valence-electron chi connectivity index (χ2n) is 7.94. The monoisotopic (exact) mass is 356 g/mol. The van der Waals surface area contributed by atoms with Gasteiger partial charge in [-0.1, -0.05) is 32.9 Å². The van der Waals surface area contributed by atoms with Crippen LogP contribution in [-0.2, 0) is 16.6 Å². The number of quaternary nitrogens is 1. The number of likely N-dealkylation sites (N-methyl/N-ethyl adjacent to an activating group) is 1. The van der Waals surface area contributed by atoms with Crippen LogP contribution in [0.25, 0.3) is 0 Å². The van der Waals surface area contributed by atoms with Crippen LogP contribution in [0, 0.1) is 6.92 Å². The number of phenols is 1. The molecule has 1 aromatic rings. The van der Waals surface area contributed by atoms with Gasteiger partial charge in [-0.05, 0) is 42.4 Å². The van der Waals surface area contributed by atoms with E-state index in [4.69, 9.17) is 0 Å². The molecule has 0 aliphatic heterocycles. The fourth-order valence-electron chi connectivity index (χ4n) is 2.84. The van der Waals surface area contributed by atoms with E-state index in [1.165, 1.54) is 4.90 Å². The summed E-state index contributed by atoms with van der Waals surface area (Å²) in [5, 5.41) is 13.3. The lowest BCUT2D eigenvalue weighted by molar-refractivity contribution is -0.859. The zero-order valence-electron chi connectivity index (χ0n) is 16.1. The van der Waals surface area contributed by atoms with Crippen molar-refractivity contribution in [3.05, 3.63) is 28.8 Å². The van der Waals surface area contributed by atoms with E-state index in [0.717, 1.165) is 23.2 Å². The van der Waals surface area contributed by atoms with Crippen LogP contribution < -0.4 is 22.6 Å². The second kappa shape index (κ2) is 9.28. The maximum absolute atomic E-state index is 12.1. The molecule has 0 aliphatic rings. The molecule has 138 valence electrons. The van der Waals surface area contributed by atoms with E-state index in [9.17, 15) is 9.90 Å². The zero-order chi connectivity index (χ0) is 17.8. The van der Waals surface area contributed by atoms with Crippen molar-refractivity contribution in [2.24, 2.45) is 0 Å². The molecule has 1 aromatic carbocycles. The number of aryl methyl sites for hydroxylation is 2. The zero-order valence-corrected chi connectivity index (χ0v) is 16.8. The van der Waals surface area contributed by atoms with Crippen molar-refractivity contribution in [1.29, 1.82) is 0 Å². The Bertz CT molecular complexity index is 551. The molecule has 0 radical (unpaired) electrons. The number of benzene rings is 1. The number of rotatable bonds is 6. The number of carbonyl (C=O) groups is 1. The Balaban J connectivity index is 0.00000529. The first-order chi connectivity index (χ1) is 10.5. The minimum Gasteiger partial charge on any atom is -1.00 e. The van der Waals surface area contributed by atoms with Crippen molar-refractivity contribution < 1.29 is 27.2 Å². The summed E-state index contributed by atoms with van der Waals surface area (Å²) in [6.07, 6.45) is 1.17. The van der Waals surface area contributed by atoms with Gasteiger partial charge in [0, 0.05) is 6.42 Å². The molecule has 1 amide bonds. The van der Waals surface area contributed by atoms with Gasteiger partial charge in [0.25, 0.3) is 0 Å². The third kappa shape index (κ3) is 7.10. The molecule has 0 heterocycles. The summed E-state index contributed by atoms with van der Waals surface area (Å²) in [6.45, 7) is 11.1. The van der Waals surface area contributed by atoms with Crippen LogP contribution in [0.5, 0.6) is 5.75 Å². The average Bonchev–Trinajstić information content (AvgIpc) is 2.37. The molecule has 24 heavy (non-hydrogen) atoms. The quantitative estimate of drug-likeness (QED) is 0.586. The smallest absolute Gasteiger partial charge is 0.220 e. The number of aromatic hydroxyl groups is 1. The van der Waals surface area contributed by atoms with E-state index in [2.05, 4.69) is 40.2 Å². The number of amides is 1. The van der Waals surface area contributed by atoms with Gasteiger partial charge in [-0.2, -0.15) is 0 Å². The summed E-state index contributed by atoms with van der Waals surface area (Å²) < 4.78 is 0. The van der Waals surface area contributed by atoms with E-state index in [1.807, 2.05) is 26.0 Å². The number of carbonyl (C=O) groups excluding carboxylic acids is 1. The molecule has 0 spiro atoms. The number of hydrogen-bond donors (Lipinski definition) is 3. The average molecular weight is 357 g/mol. The van der Waals surface area contributed by atoms with Crippen molar-refractivity contribution in [2.45, 2.75) is 58.9 Å². The third-order valence-electron chi connectivity index (χ3n) is 3.93. The topological polar surface area (TPSA) is 53.8 Å². The normalized spacial score (nSPS) is 12.7. The lowest BCUT2D eigenvalue weighted by Gasteiger charge is -2.22. The number of halogens is 1. The van der Waals surface area contributed by atoms with E-state index in [0.29, 0.717) is 18.6 Å². The van der Waals surface area contributed by atoms with Crippen molar-refractivity contribution >= 4 is 5.91 Å². The molecule has 5 heteroatoms. The van der Waals surface area contributed by atoms with Gasteiger partial charge in [-0.15, -0.1) is 0 Å². The number of nitrogens with one attached hydrogen (secondary N) is 2. The highest BCUT2D eigenvalue weighted by Gasteiger charge is 2.20. The van der Waals surface area contributed by atoms with Gasteiger partial charge in [0.1, 0.15) is 5.75 Å². The molecule has 0 saturated carbocycles. The minimum atomic E-state index is -0.115. The molecule has 0 saturated heterocycles. The Morgan fingerprint density at radius 2 is 1.88 bits per heavy atom. The standard InChI is InChI=1S/C19H32N2O2.ClH/c1-13-10-15(11-16(18(13)23)19(3,4)5)8-9-17(22)20-14(2)12-21(6)7;/h10-11,14,23H,8-9,12H2,1-7H3,(H,20,22);1H. The molecular formula is C19H33ClN2O2. The Kier molecular flexibility index (Phi) is 8.80. The largest absolute Gasteiger partial charge is 1.00 e. The fraction of sp³-hybridized carbons (Fsp3) is 0.632. The van der Waals surface area contributed by atoms with E-state index in [1.54, 1.807) is 0 Å². The van der Waals surface area contributed by atoms with Crippen molar-refractivity contribution in [1.82, 2.24) is 5.32 Å². The van der Waals surface area contributed by atoms with Crippen LogP contribution in [0.3, 0.4) is 0 Å². The van der Waals surface area contributed by atoms with Crippen LogP contribution in [-0.4, -0.2) is 37.7 Å². The minimum absolute atomic E-state index is 0. The summed E-state index contributed by atoms with van der Waals surface area (Å²) in [7, 11) is 4.16. The van der Waals surface area contributed by atoms with Gasteiger partial charge in [0.15, 0.2) is 0 Å². The molecule has 0 fully saturated rings. The Labute approximate surface area is 153 Å². The van der Waals surface area contributed by atoms with E-state index >= 15 is 0 Å². The van der Waals surface area contributed by atoms with Crippen LogP contribution in [0.4, 0.5) is 0 Å². The molecular weight excluding hydrogens is 324 g/mol. The first kappa shape index (κ1) is 22.7. The summed E-state index contributed by atoms with van der Waals surface area (Å²) in [5.41, 5.74) is 2.80. The molecule has 1 rings (SSSR count). The van der Waals surface area contributed by atoms with Gasteiger partial charge < -0.3 is 27.7 Å². The van der Waals surface area contributed by atoms with Gasteiger partial charge in [-0.25, -0.2) is 0 Å². The Hall–Kier alpha value is -1.26. The van der Waals surface area contributed by atoms with Crippen molar-refractivity contribution in [3.63, 3.8) is 0 Å². The SMILES string of the molecule is Cc1cc(CCC(=O)NC(C)C[NH+](C)C)cc(C(C)(C)C)c1O.[Cl-]. The van der Waals surface area contributed by atoms with Crippen LogP contribution >= 0.6 is 0 Å². The molecule has 1 atom stereocenters. The van der Waals surface area contributed by atoms with Crippen LogP contribution in [0.2, 0.25) is 0 Å². The predicted molar refractivity (Wildman–Crippen MR) is 95.1 cm³/mol. The first-order valence-electron chi connectivity index (χ1n) is 8.42. The highest BCUT2D eigenvalue weighted by molar-refractivity contribution is 5.76. The van der Waals surface area contributed by atoms with Gasteiger partial charge in [-0.3, -0.25) is 4.79 Å².